The molecule has 2 aromatic heterocycles. The summed E-state index contributed by atoms with van der Waals surface area (Å²) in [6.45, 7) is 0. The average molecular weight is 791 g/mol. The summed E-state index contributed by atoms with van der Waals surface area (Å²) in [5.41, 5.74) is 15.1. The highest BCUT2D eigenvalue weighted by Crippen LogP contribution is 2.34. The first-order valence-electron chi connectivity index (χ1n) is 20.9. The van der Waals surface area contributed by atoms with Gasteiger partial charge >= 0.3 is 0 Å². The van der Waals surface area contributed by atoms with Gasteiger partial charge in [-0.1, -0.05) is 200 Å². The van der Waals surface area contributed by atoms with E-state index in [1.807, 2.05) is 18.3 Å². The molecule has 0 aliphatic carbocycles. The Labute approximate surface area is 360 Å². The average Bonchev–Trinajstić information content (AvgIpc) is 3.37. The maximum atomic E-state index is 5.11. The number of hydrogen-bond donors (Lipinski definition) is 0. The van der Waals surface area contributed by atoms with Crippen molar-refractivity contribution in [2.75, 3.05) is 0 Å². The molecular formula is C58H38N4. The molecule has 0 aliphatic rings. The zero-order valence-electron chi connectivity index (χ0n) is 33.7. The van der Waals surface area contributed by atoms with E-state index in [1.165, 1.54) is 16.5 Å². The third kappa shape index (κ3) is 7.31. The van der Waals surface area contributed by atoms with Gasteiger partial charge in [0.1, 0.15) is 0 Å². The Morgan fingerprint density at radius 3 is 1.10 bits per heavy atom. The third-order valence-electron chi connectivity index (χ3n) is 11.6. The van der Waals surface area contributed by atoms with Gasteiger partial charge in [0.25, 0.3) is 0 Å². The van der Waals surface area contributed by atoms with E-state index in [2.05, 4.69) is 212 Å². The Balaban J connectivity index is 0.936. The zero-order chi connectivity index (χ0) is 41.2. The fourth-order valence-corrected chi connectivity index (χ4v) is 8.28. The van der Waals surface area contributed by atoms with Gasteiger partial charge in [0, 0.05) is 33.7 Å². The standard InChI is InChI=1S/C58H38N4/c1-3-12-39(13-4-1)41-24-28-43(29-25-41)56-60-57(44-30-26-42(27-31-44)40-14-5-2-6-15-40)62-58(61-56)51-22-11-21-49(36-51)47-19-9-17-45(34-47)46-18-10-20-48(35-46)50-32-33-54-53-23-8-7-16-52(53)38-59-55(54)37-50/h1-38H. The van der Waals surface area contributed by atoms with Crippen molar-refractivity contribution in [2.24, 2.45) is 0 Å². The largest absolute Gasteiger partial charge is 0.256 e. The summed E-state index contributed by atoms with van der Waals surface area (Å²) < 4.78 is 0. The first kappa shape index (κ1) is 36.7. The summed E-state index contributed by atoms with van der Waals surface area (Å²) in [5.74, 6) is 1.87. The van der Waals surface area contributed by atoms with Crippen LogP contribution in [0.4, 0.5) is 0 Å². The summed E-state index contributed by atoms with van der Waals surface area (Å²) in [6, 6.07) is 78.7. The smallest absolute Gasteiger partial charge is 0.164 e. The highest BCUT2D eigenvalue weighted by atomic mass is 15.0. The summed E-state index contributed by atoms with van der Waals surface area (Å²) >= 11 is 0. The second kappa shape index (κ2) is 16.0. The van der Waals surface area contributed by atoms with E-state index in [1.54, 1.807) is 0 Å². The number of aromatic nitrogens is 4. The molecule has 0 atom stereocenters. The molecule has 9 aromatic carbocycles. The Kier molecular flexibility index (Phi) is 9.49. The normalized spacial score (nSPS) is 11.2. The molecule has 0 spiro atoms. The van der Waals surface area contributed by atoms with Crippen molar-refractivity contribution >= 4 is 21.7 Å². The van der Waals surface area contributed by atoms with E-state index in [9.17, 15) is 0 Å². The molecule has 0 aliphatic heterocycles. The molecular weight excluding hydrogens is 753 g/mol. The molecule has 11 rings (SSSR count). The molecule has 0 saturated carbocycles. The van der Waals surface area contributed by atoms with Gasteiger partial charge in [-0.2, -0.15) is 0 Å². The van der Waals surface area contributed by atoms with Crippen LogP contribution in [0.5, 0.6) is 0 Å². The van der Waals surface area contributed by atoms with Gasteiger partial charge in [0.05, 0.1) is 5.52 Å². The van der Waals surface area contributed by atoms with Crippen LogP contribution in [0.15, 0.2) is 231 Å². The van der Waals surface area contributed by atoms with Gasteiger partial charge in [0.2, 0.25) is 0 Å². The van der Waals surface area contributed by atoms with Crippen molar-refractivity contribution in [1.29, 1.82) is 0 Å². The topological polar surface area (TPSA) is 51.6 Å². The van der Waals surface area contributed by atoms with E-state index in [-0.39, 0.29) is 0 Å². The lowest BCUT2D eigenvalue weighted by Gasteiger charge is -2.12. The minimum atomic E-state index is 0.618. The molecule has 62 heavy (non-hydrogen) atoms. The van der Waals surface area contributed by atoms with Crippen LogP contribution in [0.25, 0.3) is 111 Å². The van der Waals surface area contributed by atoms with Gasteiger partial charge in [-0.05, 0) is 85.3 Å². The Morgan fingerprint density at radius 1 is 0.226 bits per heavy atom. The lowest BCUT2D eigenvalue weighted by atomic mass is 9.95. The predicted octanol–water partition coefficient (Wildman–Crippen LogP) is 14.9. The molecule has 0 fully saturated rings. The van der Waals surface area contributed by atoms with Crippen molar-refractivity contribution in [3.8, 4) is 89.8 Å². The van der Waals surface area contributed by atoms with Crippen LogP contribution in [0.3, 0.4) is 0 Å². The molecule has 0 bridgehead atoms. The zero-order valence-corrected chi connectivity index (χ0v) is 33.7. The highest BCUT2D eigenvalue weighted by molar-refractivity contribution is 6.06. The first-order valence-corrected chi connectivity index (χ1v) is 20.9. The quantitative estimate of drug-likeness (QED) is 0.144. The second-order valence-electron chi connectivity index (χ2n) is 15.5. The Bertz CT molecular complexity index is 3280. The van der Waals surface area contributed by atoms with Crippen molar-refractivity contribution < 1.29 is 0 Å². The first-order chi connectivity index (χ1) is 30.7. The van der Waals surface area contributed by atoms with Gasteiger partial charge in [-0.15, -0.1) is 0 Å². The molecule has 0 radical (unpaired) electrons. The maximum absolute atomic E-state index is 5.11. The summed E-state index contributed by atoms with van der Waals surface area (Å²) in [6.07, 6.45) is 1.96. The fourth-order valence-electron chi connectivity index (χ4n) is 8.28. The van der Waals surface area contributed by atoms with Gasteiger partial charge < -0.3 is 0 Å². The van der Waals surface area contributed by atoms with Gasteiger partial charge in [0.15, 0.2) is 17.5 Å². The van der Waals surface area contributed by atoms with Crippen LogP contribution in [0, 0.1) is 0 Å². The lowest BCUT2D eigenvalue weighted by molar-refractivity contribution is 1.07. The van der Waals surface area contributed by atoms with Crippen LogP contribution in [-0.4, -0.2) is 19.9 Å². The monoisotopic (exact) mass is 790 g/mol. The van der Waals surface area contributed by atoms with E-state index in [4.69, 9.17) is 19.9 Å². The molecule has 4 heteroatoms. The minimum absolute atomic E-state index is 0.618. The maximum Gasteiger partial charge on any atom is 0.164 e. The molecule has 0 unspecified atom stereocenters. The van der Waals surface area contributed by atoms with Gasteiger partial charge in [-0.25, -0.2) is 15.0 Å². The van der Waals surface area contributed by atoms with E-state index in [0.717, 1.165) is 77.5 Å². The number of hydrogen-bond acceptors (Lipinski definition) is 4. The Hall–Kier alpha value is -8.34. The lowest BCUT2D eigenvalue weighted by Crippen LogP contribution is -2.00. The number of rotatable bonds is 8. The number of benzene rings is 9. The molecule has 0 N–H and O–H groups in total. The molecule has 290 valence electrons. The second-order valence-corrected chi connectivity index (χ2v) is 15.5. The van der Waals surface area contributed by atoms with Crippen molar-refractivity contribution in [3.63, 3.8) is 0 Å². The molecule has 0 saturated heterocycles. The Morgan fingerprint density at radius 2 is 0.581 bits per heavy atom. The highest BCUT2D eigenvalue weighted by Gasteiger charge is 2.15. The number of pyridine rings is 1. The van der Waals surface area contributed by atoms with E-state index < -0.39 is 0 Å². The summed E-state index contributed by atoms with van der Waals surface area (Å²) in [5, 5.41) is 3.54. The fraction of sp³-hybridized carbons (Fsp3) is 0. The SMILES string of the molecule is c1ccc(-c2ccc(-c3nc(-c4ccc(-c5ccccc5)cc4)nc(-c4cccc(-c5cccc(-c6cccc(-c7ccc8c(c7)ncc7ccccc78)c6)c5)c4)n3)cc2)cc1. The van der Waals surface area contributed by atoms with Crippen LogP contribution in [-0.2, 0) is 0 Å². The molecule has 0 amide bonds. The van der Waals surface area contributed by atoms with Crippen LogP contribution in [0.1, 0.15) is 0 Å². The van der Waals surface area contributed by atoms with Crippen molar-refractivity contribution in [3.05, 3.63) is 231 Å². The summed E-state index contributed by atoms with van der Waals surface area (Å²) in [4.78, 5) is 20.1. The molecule has 4 nitrogen and oxygen atoms in total. The molecule has 11 aromatic rings. The summed E-state index contributed by atoms with van der Waals surface area (Å²) in [7, 11) is 0. The van der Waals surface area contributed by atoms with Crippen molar-refractivity contribution in [1.82, 2.24) is 19.9 Å². The number of nitrogens with zero attached hydrogens (tertiary/aromatic N) is 4. The van der Waals surface area contributed by atoms with Crippen LogP contribution >= 0.6 is 0 Å². The molecule has 2 heterocycles. The minimum Gasteiger partial charge on any atom is -0.256 e. The van der Waals surface area contributed by atoms with Crippen molar-refractivity contribution in [2.45, 2.75) is 0 Å². The van der Waals surface area contributed by atoms with E-state index >= 15 is 0 Å². The van der Waals surface area contributed by atoms with Crippen LogP contribution in [0.2, 0.25) is 0 Å². The third-order valence-corrected chi connectivity index (χ3v) is 11.6. The van der Waals surface area contributed by atoms with Crippen LogP contribution < -0.4 is 0 Å². The van der Waals surface area contributed by atoms with E-state index in [0.29, 0.717) is 17.5 Å². The predicted molar refractivity (Wildman–Crippen MR) is 256 cm³/mol. The van der Waals surface area contributed by atoms with Gasteiger partial charge in [-0.3, -0.25) is 4.98 Å². The number of fused-ring (bicyclic) bond motifs is 3.